The van der Waals surface area contributed by atoms with Gasteiger partial charge in [-0.25, -0.2) is 9.67 Å². The van der Waals surface area contributed by atoms with Crippen LogP contribution in [0.3, 0.4) is 0 Å². The van der Waals surface area contributed by atoms with Crippen molar-refractivity contribution in [3.63, 3.8) is 0 Å². The normalized spacial score (nSPS) is 11.1. The molecule has 29 heavy (non-hydrogen) atoms. The van der Waals surface area contributed by atoms with Gasteiger partial charge < -0.3 is 9.88 Å². The monoisotopic (exact) mass is 387 g/mol. The molecule has 0 bridgehead atoms. The van der Waals surface area contributed by atoms with E-state index < -0.39 is 0 Å². The van der Waals surface area contributed by atoms with E-state index >= 15 is 0 Å². The second-order valence-electron chi connectivity index (χ2n) is 7.25. The number of amides is 1. The van der Waals surface area contributed by atoms with E-state index in [9.17, 15) is 4.79 Å². The third-order valence-corrected chi connectivity index (χ3v) is 5.33. The summed E-state index contributed by atoms with van der Waals surface area (Å²) >= 11 is 0. The average molecular weight is 387 g/mol. The summed E-state index contributed by atoms with van der Waals surface area (Å²) in [6.45, 7) is 4.52. The molecule has 2 heterocycles. The Morgan fingerprint density at radius 2 is 1.76 bits per heavy atom. The number of rotatable bonds is 6. The van der Waals surface area contributed by atoms with Crippen molar-refractivity contribution in [2.45, 2.75) is 26.7 Å². The summed E-state index contributed by atoms with van der Waals surface area (Å²) in [7, 11) is 2.01. The highest BCUT2D eigenvalue weighted by atomic mass is 16.1. The van der Waals surface area contributed by atoms with Gasteiger partial charge in [-0.15, -0.1) is 0 Å². The van der Waals surface area contributed by atoms with Crippen LogP contribution in [0.5, 0.6) is 0 Å². The van der Waals surface area contributed by atoms with Crippen LogP contribution in [0, 0.1) is 13.8 Å². The van der Waals surface area contributed by atoms with Crippen molar-refractivity contribution in [1.82, 2.24) is 24.6 Å². The summed E-state index contributed by atoms with van der Waals surface area (Å²) in [5.41, 5.74) is 5.95. The highest BCUT2D eigenvalue weighted by Crippen LogP contribution is 2.18. The molecule has 2 aromatic carbocycles. The van der Waals surface area contributed by atoms with Gasteiger partial charge in [0.15, 0.2) is 0 Å². The maximum absolute atomic E-state index is 12.5. The second kappa shape index (κ2) is 7.91. The van der Waals surface area contributed by atoms with E-state index in [1.54, 1.807) is 0 Å². The van der Waals surface area contributed by atoms with Crippen molar-refractivity contribution in [2.75, 3.05) is 6.54 Å². The molecule has 0 fully saturated rings. The van der Waals surface area contributed by atoms with Gasteiger partial charge in [-0.05, 0) is 38.1 Å². The third kappa shape index (κ3) is 3.78. The lowest BCUT2D eigenvalue weighted by Crippen LogP contribution is -2.28. The van der Waals surface area contributed by atoms with Crippen LogP contribution in [0.2, 0.25) is 0 Å². The quantitative estimate of drug-likeness (QED) is 0.552. The fourth-order valence-corrected chi connectivity index (χ4v) is 3.71. The maximum atomic E-state index is 12.5. The van der Waals surface area contributed by atoms with Gasteiger partial charge in [0.05, 0.1) is 28.8 Å². The molecule has 6 heteroatoms. The van der Waals surface area contributed by atoms with Crippen LogP contribution in [-0.4, -0.2) is 31.8 Å². The highest BCUT2D eigenvalue weighted by molar-refractivity contribution is 5.79. The number of fused-ring (bicyclic) bond motifs is 1. The highest BCUT2D eigenvalue weighted by Gasteiger charge is 2.16. The zero-order valence-corrected chi connectivity index (χ0v) is 17.0. The molecule has 0 spiro atoms. The Balaban J connectivity index is 1.40. The number of carbonyl (C=O) groups excluding carboxylic acids is 1. The molecule has 1 amide bonds. The first-order valence-electron chi connectivity index (χ1n) is 9.82. The van der Waals surface area contributed by atoms with Gasteiger partial charge in [0.1, 0.15) is 5.82 Å². The van der Waals surface area contributed by atoms with E-state index in [1.165, 1.54) is 0 Å². The smallest absolute Gasteiger partial charge is 0.224 e. The van der Waals surface area contributed by atoms with E-state index in [0.29, 0.717) is 19.4 Å². The molecule has 6 nitrogen and oxygen atoms in total. The van der Waals surface area contributed by atoms with Gasteiger partial charge >= 0.3 is 0 Å². The number of hydrogen-bond acceptors (Lipinski definition) is 3. The lowest BCUT2D eigenvalue weighted by molar-refractivity contribution is -0.120. The molecule has 0 radical (unpaired) electrons. The number of imidazole rings is 1. The Labute approximate surface area is 170 Å². The molecule has 0 aliphatic heterocycles. The predicted octanol–water partition coefficient (Wildman–Crippen LogP) is 3.28. The number of para-hydroxylation sites is 3. The molecule has 0 saturated carbocycles. The van der Waals surface area contributed by atoms with Crippen molar-refractivity contribution in [3.05, 3.63) is 77.4 Å². The minimum atomic E-state index is 0.00239. The van der Waals surface area contributed by atoms with E-state index in [4.69, 9.17) is 0 Å². The molecule has 0 unspecified atom stereocenters. The van der Waals surface area contributed by atoms with Crippen molar-refractivity contribution >= 4 is 16.9 Å². The minimum absolute atomic E-state index is 0.00239. The Bertz CT molecular complexity index is 1160. The van der Waals surface area contributed by atoms with Crippen molar-refractivity contribution < 1.29 is 4.79 Å². The Morgan fingerprint density at radius 3 is 2.52 bits per heavy atom. The van der Waals surface area contributed by atoms with Crippen LogP contribution in [0.25, 0.3) is 16.7 Å². The van der Waals surface area contributed by atoms with Crippen molar-refractivity contribution in [2.24, 2.45) is 7.05 Å². The Kier molecular flexibility index (Phi) is 5.16. The number of nitrogens with one attached hydrogen (secondary N) is 1. The van der Waals surface area contributed by atoms with Crippen LogP contribution in [0.4, 0.5) is 0 Å². The van der Waals surface area contributed by atoms with Gasteiger partial charge in [0, 0.05) is 31.3 Å². The van der Waals surface area contributed by atoms with Gasteiger partial charge in [0.25, 0.3) is 0 Å². The molecular formula is C23H25N5O. The number of nitrogens with zero attached hydrogens (tertiary/aromatic N) is 4. The molecular weight excluding hydrogens is 362 g/mol. The zero-order chi connectivity index (χ0) is 20.4. The van der Waals surface area contributed by atoms with Crippen LogP contribution in [-0.2, 0) is 24.7 Å². The lowest BCUT2D eigenvalue weighted by Gasteiger charge is -2.07. The SMILES string of the molecule is Cc1nn(-c2ccccc2)c(C)c1CC(=O)NCCc1nc2ccccc2n1C. The fourth-order valence-electron chi connectivity index (χ4n) is 3.71. The Morgan fingerprint density at radius 1 is 1.03 bits per heavy atom. The molecule has 0 aliphatic rings. The fraction of sp³-hybridized carbons (Fsp3) is 0.261. The summed E-state index contributed by atoms with van der Waals surface area (Å²) < 4.78 is 3.98. The average Bonchev–Trinajstić information content (AvgIpc) is 3.20. The molecule has 0 aliphatic carbocycles. The van der Waals surface area contributed by atoms with E-state index in [0.717, 1.165) is 39.5 Å². The summed E-state index contributed by atoms with van der Waals surface area (Å²) in [6, 6.07) is 18.0. The first-order valence-corrected chi connectivity index (χ1v) is 9.82. The number of hydrogen-bond donors (Lipinski definition) is 1. The van der Waals surface area contributed by atoms with Gasteiger partial charge in [-0.1, -0.05) is 30.3 Å². The lowest BCUT2D eigenvalue weighted by atomic mass is 10.1. The second-order valence-corrected chi connectivity index (χ2v) is 7.25. The summed E-state index contributed by atoms with van der Waals surface area (Å²) in [6.07, 6.45) is 1.02. The minimum Gasteiger partial charge on any atom is -0.355 e. The summed E-state index contributed by atoms with van der Waals surface area (Å²) in [4.78, 5) is 17.2. The first kappa shape index (κ1) is 18.9. The molecule has 1 N–H and O–H groups in total. The van der Waals surface area contributed by atoms with E-state index in [2.05, 4.69) is 26.0 Å². The number of benzene rings is 2. The Hall–Kier alpha value is -3.41. The first-order chi connectivity index (χ1) is 14.0. The molecule has 4 aromatic rings. The zero-order valence-electron chi connectivity index (χ0n) is 17.0. The largest absolute Gasteiger partial charge is 0.355 e. The molecule has 148 valence electrons. The van der Waals surface area contributed by atoms with Gasteiger partial charge in [0.2, 0.25) is 5.91 Å². The number of aryl methyl sites for hydroxylation is 2. The van der Waals surface area contributed by atoms with Crippen LogP contribution in [0.1, 0.15) is 22.8 Å². The number of carbonyl (C=O) groups is 1. The van der Waals surface area contributed by atoms with Crippen molar-refractivity contribution in [3.8, 4) is 5.69 Å². The van der Waals surface area contributed by atoms with Crippen molar-refractivity contribution in [1.29, 1.82) is 0 Å². The summed E-state index contributed by atoms with van der Waals surface area (Å²) in [5.74, 6) is 0.971. The molecule has 4 rings (SSSR count). The van der Waals surface area contributed by atoms with Gasteiger partial charge in [-0.3, -0.25) is 4.79 Å². The van der Waals surface area contributed by atoms with E-state index in [-0.39, 0.29) is 5.91 Å². The van der Waals surface area contributed by atoms with Gasteiger partial charge in [-0.2, -0.15) is 5.10 Å². The third-order valence-electron chi connectivity index (χ3n) is 5.33. The standard InChI is InChI=1S/C23H25N5O/c1-16-19(17(2)28(26-16)18-9-5-4-6-10-18)15-23(29)24-14-13-22-25-20-11-7-8-12-21(20)27(22)3/h4-12H,13-15H2,1-3H3,(H,24,29). The molecule has 0 atom stereocenters. The maximum Gasteiger partial charge on any atom is 0.224 e. The summed E-state index contributed by atoms with van der Waals surface area (Å²) in [5, 5.41) is 7.65. The van der Waals surface area contributed by atoms with E-state index in [1.807, 2.05) is 74.1 Å². The molecule has 2 aromatic heterocycles. The molecule has 0 saturated heterocycles. The van der Waals surface area contributed by atoms with Crippen LogP contribution < -0.4 is 5.32 Å². The van der Waals surface area contributed by atoms with Crippen LogP contribution >= 0.6 is 0 Å². The number of aromatic nitrogens is 4. The predicted molar refractivity (Wildman–Crippen MR) is 114 cm³/mol. The van der Waals surface area contributed by atoms with Crippen LogP contribution in [0.15, 0.2) is 54.6 Å². The topological polar surface area (TPSA) is 64.7 Å².